The van der Waals surface area contributed by atoms with Crippen molar-refractivity contribution in [1.29, 1.82) is 0 Å². The van der Waals surface area contributed by atoms with Crippen LogP contribution in [0.4, 0.5) is 0 Å². The molecule has 1 heterocycles. The zero-order valence-electron chi connectivity index (χ0n) is 22.7. The second-order valence-electron chi connectivity index (χ2n) is 10.1. The SMILES string of the molecule is Cc1ccc(C)c(C2=CC(=O)N([C@H](C)c3ccc(Cl)cc3)C(c3ccc(Cl)cc3)C(=O)N2CCCCC(=O)O)c1.[NaH]. The summed E-state index contributed by atoms with van der Waals surface area (Å²) in [7, 11) is 0. The van der Waals surface area contributed by atoms with Gasteiger partial charge in [0.25, 0.3) is 5.91 Å². The number of benzene rings is 3. The van der Waals surface area contributed by atoms with E-state index < -0.39 is 18.1 Å². The van der Waals surface area contributed by atoms with Gasteiger partial charge in [-0.3, -0.25) is 14.4 Å². The summed E-state index contributed by atoms with van der Waals surface area (Å²) < 4.78 is 0. The van der Waals surface area contributed by atoms with Gasteiger partial charge in [-0.15, -0.1) is 0 Å². The average Bonchev–Trinajstić information content (AvgIpc) is 3.02. The molecule has 0 aromatic heterocycles. The van der Waals surface area contributed by atoms with Gasteiger partial charge in [0.1, 0.15) is 6.04 Å². The van der Waals surface area contributed by atoms with Crippen molar-refractivity contribution in [2.75, 3.05) is 6.54 Å². The van der Waals surface area contributed by atoms with Gasteiger partial charge in [-0.25, -0.2) is 0 Å². The number of carbonyl (C=O) groups is 3. The Morgan fingerprint density at radius 3 is 2.15 bits per heavy atom. The van der Waals surface area contributed by atoms with E-state index in [4.69, 9.17) is 28.3 Å². The minimum atomic E-state index is -0.936. The Morgan fingerprint density at radius 2 is 1.54 bits per heavy atom. The van der Waals surface area contributed by atoms with E-state index in [0.717, 1.165) is 22.3 Å². The van der Waals surface area contributed by atoms with Crippen molar-refractivity contribution in [2.45, 2.75) is 52.1 Å². The first-order valence-electron chi connectivity index (χ1n) is 13.2. The first kappa shape index (κ1) is 32.9. The maximum atomic E-state index is 14.6. The Balaban J connectivity index is 0.00000462. The fourth-order valence-electron chi connectivity index (χ4n) is 5.06. The second-order valence-corrected chi connectivity index (χ2v) is 11.0. The molecule has 0 spiro atoms. The van der Waals surface area contributed by atoms with E-state index in [1.54, 1.807) is 52.3 Å². The molecule has 4 rings (SSSR count). The van der Waals surface area contributed by atoms with Crippen LogP contribution in [0.1, 0.15) is 66.1 Å². The summed E-state index contributed by atoms with van der Waals surface area (Å²) in [6.45, 7) is 6.08. The van der Waals surface area contributed by atoms with E-state index in [1.165, 1.54) is 0 Å². The molecule has 2 atom stereocenters. The summed E-state index contributed by atoms with van der Waals surface area (Å²) in [5.41, 5.74) is 4.69. The summed E-state index contributed by atoms with van der Waals surface area (Å²) in [6.07, 6.45) is 2.42. The molecule has 1 N–H and O–H groups in total. The van der Waals surface area contributed by atoms with Gasteiger partial charge in [-0.2, -0.15) is 0 Å². The molecule has 0 bridgehead atoms. The molecule has 6 nitrogen and oxygen atoms in total. The number of hydrogen-bond donors (Lipinski definition) is 1. The van der Waals surface area contributed by atoms with Gasteiger partial charge in [0.05, 0.1) is 11.7 Å². The van der Waals surface area contributed by atoms with Crippen molar-refractivity contribution >= 4 is 76.2 Å². The quantitative estimate of drug-likeness (QED) is 0.217. The third-order valence-electron chi connectivity index (χ3n) is 7.23. The fourth-order valence-corrected chi connectivity index (χ4v) is 5.31. The molecule has 0 saturated heterocycles. The summed E-state index contributed by atoms with van der Waals surface area (Å²) in [5, 5.41) is 10.2. The molecule has 3 aromatic carbocycles. The third-order valence-corrected chi connectivity index (χ3v) is 7.73. The monoisotopic (exact) mass is 602 g/mol. The van der Waals surface area contributed by atoms with Gasteiger partial charge in [-0.05, 0) is 80.6 Å². The van der Waals surface area contributed by atoms with Crippen LogP contribution in [0.2, 0.25) is 10.0 Å². The Labute approximate surface area is 273 Å². The molecule has 1 aliphatic rings. The van der Waals surface area contributed by atoms with Gasteiger partial charge in [0.2, 0.25) is 5.91 Å². The number of aryl methyl sites for hydroxylation is 2. The summed E-state index contributed by atoms with van der Waals surface area (Å²) in [4.78, 5) is 43.2. The molecule has 2 amide bonds. The van der Waals surface area contributed by atoms with Crippen LogP contribution in [0.15, 0.2) is 72.8 Å². The summed E-state index contributed by atoms with van der Waals surface area (Å²) >= 11 is 12.3. The number of carboxylic acid groups (broad SMARTS) is 1. The number of carbonyl (C=O) groups excluding carboxylic acids is 2. The predicted molar refractivity (Wildman–Crippen MR) is 165 cm³/mol. The van der Waals surface area contributed by atoms with E-state index in [9.17, 15) is 14.4 Å². The van der Waals surface area contributed by atoms with Crippen molar-refractivity contribution < 1.29 is 19.5 Å². The van der Waals surface area contributed by atoms with Crippen molar-refractivity contribution in [3.05, 3.63) is 111 Å². The molecular weight excluding hydrogens is 570 g/mol. The Bertz CT molecular complexity index is 1440. The van der Waals surface area contributed by atoms with Gasteiger partial charge in [-0.1, -0.05) is 65.2 Å². The maximum absolute atomic E-state index is 14.6. The fraction of sp³-hybridized carbons (Fsp3) is 0.281. The first-order valence-corrected chi connectivity index (χ1v) is 14.0. The van der Waals surface area contributed by atoms with Crippen molar-refractivity contribution in [3.63, 3.8) is 0 Å². The number of carboxylic acids is 1. The molecule has 210 valence electrons. The number of aliphatic carboxylic acids is 1. The predicted octanol–water partition coefficient (Wildman–Crippen LogP) is 6.73. The van der Waals surface area contributed by atoms with Crippen LogP contribution < -0.4 is 0 Å². The molecular formula is C32H33Cl2N2NaO4. The number of unbranched alkanes of at least 4 members (excludes halogenated alkanes) is 1. The van der Waals surface area contributed by atoms with Crippen molar-refractivity contribution in [2.24, 2.45) is 0 Å². The topological polar surface area (TPSA) is 77.9 Å². The number of nitrogens with zero attached hydrogens (tertiary/aromatic N) is 2. The van der Waals surface area contributed by atoms with E-state index in [0.29, 0.717) is 34.1 Å². The minimum absolute atomic E-state index is 0. The molecule has 0 aliphatic carbocycles. The average molecular weight is 604 g/mol. The molecule has 0 radical (unpaired) electrons. The van der Waals surface area contributed by atoms with E-state index in [1.807, 2.05) is 51.1 Å². The number of rotatable bonds is 9. The normalized spacial score (nSPS) is 16.1. The van der Waals surface area contributed by atoms with Crippen molar-refractivity contribution in [3.8, 4) is 0 Å². The molecule has 1 unspecified atom stereocenters. The van der Waals surface area contributed by atoms with Crippen molar-refractivity contribution in [1.82, 2.24) is 9.80 Å². The Kier molecular flexibility index (Phi) is 11.7. The van der Waals surface area contributed by atoms with Crippen LogP contribution in [0.5, 0.6) is 0 Å². The van der Waals surface area contributed by atoms with Crippen LogP contribution in [-0.4, -0.2) is 68.8 Å². The molecule has 1 aliphatic heterocycles. The van der Waals surface area contributed by atoms with Gasteiger partial charge in [0, 0.05) is 34.7 Å². The molecule has 0 fully saturated rings. The molecule has 3 aromatic rings. The third kappa shape index (κ3) is 7.82. The van der Waals surface area contributed by atoms with Crippen LogP contribution in [0.25, 0.3) is 5.70 Å². The number of hydrogen-bond acceptors (Lipinski definition) is 3. The van der Waals surface area contributed by atoms with E-state index >= 15 is 0 Å². The van der Waals surface area contributed by atoms with Crippen LogP contribution in [0, 0.1) is 13.8 Å². The standard InChI is InChI=1S/C32H32Cl2N2O4.Na.H/c1-20-7-8-21(2)27(18-20)28-19-29(37)36(22(3)23-9-13-25(33)14-10-23)31(24-11-15-26(34)16-12-24)32(40)35(28)17-5-4-6-30(38)39;;/h7-16,18-19,22,31H,4-6,17H2,1-3H3,(H,38,39);;/t22-,31?;;/m1../s1. The number of halogens is 2. The van der Waals surface area contributed by atoms with Crippen LogP contribution in [-0.2, 0) is 14.4 Å². The van der Waals surface area contributed by atoms with E-state index in [-0.39, 0.29) is 54.3 Å². The van der Waals surface area contributed by atoms with Crippen LogP contribution in [0.3, 0.4) is 0 Å². The van der Waals surface area contributed by atoms with E-state index in [2.05, 4.69) is 0 Å². The van der Waals surface area contributed by atoms with Gasteiger partial charge >= 0.3 is 35.5 Å². The first-order chi connectivity index (χ1) is 19.1. The van der Waals surface area contributed by atoms with Gasteiger partial charge in [0.15, 0.2) is 0 Å². The molecule has 41 heavy (non-hydrogen) atoms. The molecule has 0 saturated carbocycles. The number of amides is 2. The summed E-state index contributed by atoms with van der Waals surface area (Å²) in [6, 6.07) is 18.7. The van der Waals surface area contributed by atoms with Gasteiger partial charge < -0.3 is 14.9 Å². The van der Waals surface area contributed by atoms with Crippen LogP contribution >= 0.6 is 23.2 Å². The summed E-state index contributed by atoms with van der Waals surface area (Å²) in [5.74, 6) is -1.46. The Morgan fingerprint density at radius 1 is 0.927 bits per heavy atom. The molecule has 9 heteroatoms. The Hall–Kier alpha value is -2.61. The zero-order chi connectivity index (χ0) is 29.0. The zero-order valence-corrected chi connectivity index (χ0v) is 24.2. The second kappa shape index (κ2) is 14.5.